The quantitative estimate of drug-likeness (QED) is 0.0747. The van der Waals surface area contributed by atoms with Gasteiger partial charge in [0.25, 0.3) is 0 Å². The number of aldehydes is 1. The van der Waals surface area contributed by atoms with Gasteiger partial charge in [0.1, 0.15) is 31.4 Å². The molecule has 0 bridgehead atoms. The van der Waals surface area contributed by atoms with E-state index in [1.54, 1.807) is 19.1 Å². The standard InChI is InChI=1S/C20H14BBr3O7.C2H4O/c1-6(22)17-11(14(26)8-4-9(23)18(29-3)10(24)5-8)12-15(27)13(21)20(30-7(2)25)16(28)19(12)31-17;1-2-3/h4-6,27-28H,1-3H3;2H,1H3. The van der Waals surface area contributed by atoms with E-state index < -0.39 is 39.3 Å². The average molecular weight is 661 g/mol. The van der Waals surface area contributed by atoms with Crippen molar-refractivity contribution in [1.82, 2.24) is 0 Å². The molecule has 1 atom stereocenters. The van der Waals surface area contributed by atoms with Crippen LogP contribution in [0.5, 0.6) is 23.0 Å². The average Bonchev–Trinajstić information content (AvgIpc) is 3.16. The van der Waals surface area contributed by atoms with Crippen molar-refractivity contribution in [2.45, 2.75) is 25.6 Å². The summed E-state index contributed by atoms with van der Waals surface area (Å²) < 4.78 is 17.0. The van der Waals surface area contributed by atoms with E-state index in [9.17, 15) is 19.8 Å². The first-order valence-corrected chi connectivity index (χ1v) is 12.0. The molecule has 0 spiro atoms. The molecule has 0 aliphatic rings. The van der Waals surface area contributed by atoms with Crippen LogP contribution in [0.15, 0.2) is 25.5 Å². The summed E-state index contributed by atoms with van der Waals surface area (Å²) in [6.07, 6.45) is 0.750. The Balaban J connectivity index is 0.00000129. The van der Waals surface area contributed by atoms with Crippen LogP contribution in [0.4, 0.5) is 0 Å². The summed E-state index contributed by atoms with van der Waals surface area (Å²) in [5.41, 5.74) is -0.393. The van der Waals surface area contributed by atoms with Crippen LogP contribution >= 0.6 is 47.8 Å². The number of alkyl halides is 1. The smallest absolute Gasteiger partial charge is 0.308 e. The number of aromatic hydroxyl groups is 2. The number of phenols is 2. The number of furan rings is 1. The van der Waals surface area contributed by atoms with E-state index in [1.807, 2.05) is 0 Å². The van der Waals surface area contributed by atoms with Gasteiger partial charge in [-0.05, 0) is 63.3 Å². The van der Waals surface area contributed by atoms with Gasteiger partial charge in [0.05, 0.1) is 31.8 Å². The van der Waals surface area contributed by atoms with Gasteiger partial charge in [-0.1, -0.05) is 15.9 Å². The minimum Gasteiger partial charge on any atom is -0.508 e. The third-order valence-corrected chi connectivity index (χ3v) is 5.99. The highest BCUT2D eigenvalue weighted by atomic mass is 79.9. The number of fused-ring (bicyclic) bond motifs is 1. The summed E-state index contributed by atoms with van der Waals surface area (Å²) in [6, 6.07) is 3.11. The predicted octanol–water partition coefficient (Wildman–Crippen LogP) is 4.99. The molecule has 2 N–H and O–H groups in total. The van der Waals surface area contributed by atoms with Gasteiger partial charge in [0.2, 0.25) is 5.75 Å². The number of benzene rings is 2. The SMILES string of the molecule is CC=O.[B]c1c(OC(C)=O)c(O)c2oc(C(C)Br)c(C(=O)c3cc(Br)c(OC)c(Br)c3)c2c1O. The first kappa shape index (κ1) is 27.9. The second-order valence-corrected chi connectivity index (χ2v) is 9.82. The molecule has 0 aliphatic heterocycles. The molecular formula is C22H18BBr3O8. The lowest BCUT2D eigenvalue weighted by molar-refractivity contribution is -0.131. The molecule has 12 heteroatoms. The number of carbonyl (C=O) groups excluding carboxylic acids is 3. The monoisotopic (exact) mass is 658 g/mol. The highest BCUT2D eigenvalue weighted by molar-refractivity contribution is 9.11. The number of halogens is 3. The zero-order valence-corrected chi connectivity index (χ0v) is 23.1. The Morgan fingerprint density at radius 2 is 1.68 bits per heavy atom. The molecule has 2 aromatic carbocycles. The molecule has 3 aromatic rings. The van der Waals surface area contributed by atoms with Crippen molar-refractivity contribution >= 4 is 90.1 Å². The molecule has 0 saturated carbocycles. The predicted molar refractivity (Wildman–Crippen MR) is 137 cm³/mol. The van der Waals surface area contributed by atoms with E-state index in [1.165, 1.54) is 14.0 Å². The largest absolute Gasteiger partial charge is 0.508 e. The lowest BCUT2D eigenvalue weighted by Crippen LogP contribution is -2.14. The number of esters is 1. The van der Waals surface area contributed by atoms with Crippen LogP contribution in [0.2, 0.25) is 0 Å². The Morgan fingerprint density at radius 3 is 2.12 bits per heavy atom. The number of hydrogen-bond donors (Lipinski definition) is 2. The molecule has 0 aliphatic carbocycles. The zero-order valence-electron chi connectivity index (χ0n) is 18.4. The zero-order chi connectivity index (χ0) is 25.9. The molecule has 8 nitrogen and oxygen atoms in total. The molecule has 1 unspecified atom stereocenters. The third kappa shape index (κ3) is 5.34. The van der Waals surface area contributed by atoms with Crippen LogP contribution in [-0.4, -0.2) is 43.2 Å². The second-order valence-electron chi connectivity index (χ2n) is 6.73. The first-order chi connectivity index (χ1) is 15.9. The highest BCUT2D eigenvalue weighted by Crippen LogP contribution is 2.46. The Hall–Kier alpha value is -2.31. The van der Waals surface area contributed by atoms with Crippen molar-refractivity contribution in [3.8, 4) is 23.0 Å². The van der Waals surface area contributed by atoms with Crippen LogP contribution < -0.4 is 14.9 Å². The number of hydrogen-bond acceptors (Lipinski definition) is 8. The van der Waals surface area contributed by atoms with Gasteiger partial charge in [0.15, 0.2) is 17.1 Å². The highest BCUT2D eigenvalue weighted by Gasteiger charge is 2.32. The van der Waals surface area contributed by atoms with Gasteiger partial charge >= 0.3 is 5.97 Å². The fourth-order valence-corrected chi connectivity index (χ4v) is 4.93. The van der Waals surface area contributed by atoms with Crippen LogP contribution in [-0.2, 0) is 9.59 Å². The summed E-state index contributed by atoms with van der Waals surface area (Å²) in [5, 5.41) is 21.3. The second kappa shape index (κ2) is 11.4. The maximum atomic E-state index is 13.5. The number of carbonyl (C=O) groups is 3. The lowest BCUT2D eigenvalue weighted by atomic mass is 9.89. The third-order valence-electron chi connectivity index (χ3n) is 4.40. The maximum absolute atomic E-state index is 13.5. The number of rotatable bonds is 5. The van der Waals surface area contributed by atoms with Crippen LogP contribution in [0.25, 0.3) is 11.0 Å². The molecule has 1 heterocycles. The maximum Gasteiger partial charge on any atom is 0.308 e. The fraction of sp³-hybridized carbons (Fsp3) is 0.227. The Morgan fingerprint density at radius 1 is 1.15 bits per heavy atom. The number of phenolic OH excluding ortho intramolecular Hbond substituents is 2. The lowest BCUT2D eigenvalue weighted by Gasteiger charge is -2.12. The van der Waals surface area contributed by atoms with E-state index in [0.717, 1.165) is 13.2 Å². The van der Waals surface area contributed by atoms with Crippen LogP contribution in [0, 0.1) is 0 Å². The summed E-state index contributed by atoms with van der Waals surface area (Å²) in [5.74, 6) is -2.22. The van der Waals surface area contributed by atoms with Crippen LogP contribution in [0.1, 0.15) is 47.3 Å². The van der Waals surface area contributed by atoms with Gasteiger partial charge in [-0.2, -0.15) is 0 Å². The van der Waals surface area contributed by atoms with E-state index in [2.05, 4.69) is 47.8 Å². The van der Waals surface area contributed by atoms with Crippen molar-refractivity contribution in [2.24, 2.45) is 0 Å². The fourth-order valence-electron chi connectivity index (χ4n) is 3.10. The molecule has 1 aromatic heterocycles. The van der Waals surface area contributed by atoms with Crippen molar-refractivity contribution in [1.29, 1.82) is 0 Å². The minimum atomic E-state index is -0.759. The molecule has 2 radical (unpaired) electrons. The Labute approximate surface area is 221 Å². The molecule has 0 fully saturated rings. The molecular weight excluding hydrogens is 643 g/mol. The number of methoxy groups -OCH3 is 1. The van der Waals surface area contributed by atoms with E-state index >= 15 is 0 Å². The molecule has 0 saturated heterocycles. The van der Waals surface area contributed by atoms with Crippen molar-refractivity contribution in [3.05, 3.63) is 38.0 Å². The summed E-state index contributed by atoms with van der Waals surface area (Å²) in [7, 11) is 7.38. The van der Waals surface area contributed by atoms with E-state index in [-0.39, 0.29) is 27.9 Å². The van der Waals surface area contributed by atoms with E-state index in [0.29, 0.717) is 14.7 Å². The Kier molecular flexibility index (Phi) is 9.38. The summed E-state index contributed by atoms with van der Waals surface area (Å²) >= 11 is 10.1. The normalized spacial score (nSPS) is 11.4. The molecule has 178 valence electrons. The molecule has 3 rings (SSSR count). The van der Waals surface area contributed by atoms with Crippen LogP contribution in [0.3, 0.4) is 0 Å². The summed E-state index contributed by atoms with van der Waals surface area (Å²) in [6.45, 7) is 4.27. The van der Waals surface area contributed by atoms with Gasteiger partial charge in [-0.15, -0.1) is 0 Å². The van der Waals surface area contributed by atoms with Gasteiger partial charge in [-0.3, -0.25) is 9.59 Å². The van der Waals surface area contributed by atoms with Crippen molar-refractivity contribution in [2.75, 3.05) is 7.11 Å². The molecule has 0 amide bonds. The summed E-state index contributed by atoms with van der Waals surface area (Å²) in [4.78, 5) is 33.2. The minimum absolute atomic E-state index is 0.00258. The number of ether oxygens (including phenoxy) is 2. The molecule has 34 heavy (non-hydrogen) atoms. The van der Waals surface area contributed by atoms with Crippen molar-refractivity contribution in [3.63, 3.8) is 0 Å². The van der Waals surface area contributed by atoms with Gasteiger partial charge < -0.3 is 28.9 Å². The van der Waals surface area contributed by atoms with Gasteiger partial charge in [-0.25, -0.2) is 0 Å². The topological polar surface area (TPSA) is 123 Å². The number of ketones is 1. The van der Waals surface area contributed by atoms with E-state index in [4.69, 9.17) is 26.5 Å². The Bertz CT molecular complexity index is 1260. The van der Waals surface area contributed by atoms with Crippen molar-refractivity contribution < 1.29 is 38.5 Å². The van der Waals surface area contributed by atoms with Gasteiger partial charge in [0, 0.05) is 12.5 Å². The first-order valence-electron chi connectivity index (χ1n) is 9.50.